The average Bonchev–Trinajstić information content (AvgIpc) is 2.16. The molecule has 0 saturated carbocycles. The van der Waals surface area contributed by atoms with Gasteiger partial charge in [-0.3, -0.25) is 0 Å². The molecule has 0 N–H and O–H groups in total. The molecule has 0 fully saturated rings. The lowest BCUT2D eigenvalue weighted by atomic mass is 10.4. The van der Waals surface area contributed by atoms with Gasteiger partial charge in [-0.15, -0.1) is 11.8 Å². The lowest BCUT2D eigenvalue weighted by Crippen LogP contribution is -2.07. The highest BCUT2D eigenvalue weighted by Crippen LogP contribution is 2.18. The molecule has 0 amide bonds. The van der Waals surface area contributed by atoms with Crippen LogP contribution in [0, 0.1) is 0 Å². The van der Waals surface area contributed by atoms with Crippen molar-refractivity contribution < 1.29 is 4.74 Å². The largest absolute Gasteiger partial charge is 0.381 e. The van der Waals surface area contributed by atoms with Gasteiger partial charge < -0.3 is 4.74 Å². The van der Waals surface area contributed by atoms with Crippen molar-refractivity contribution in [2.24, 2.45) is 0 Å². The summed E-state index contributed by atoms with van der Waals surface area (Å²) in [4.78, 5) is 1.31. The fourth-order valence-electron chi connectivity index (χ4n) is 0.798. The summed E-state index contributed by atoms with van der Waals surface area (Å²) in [5.74, 6) is 1.01. The minimum atomic E-state index is 0.329. The summed E-state index contributed by atoms with van der Waals surface area (Å²) in [5, 5.41) is 0. The van der Waals surface area contributed by atoms with Crippen LogP contribution in [-0.4, -0.2) is 19.0 Å². The molecule has 1 atom stereocenters. The van der Waals surface area contributed by atoms with Crippen LogP contribution in [0.1, 0.15) is 6.92 Å². The van der Waals surface area contributed by atoms with E-state index in [1.54, 1.807) is 7.11 Å². The van der Waals surface area contributed by atoms with E-state index in [0.717, 1.165) is 5.75 Å². The number of thioether (sulfide) groups is 1. The quantitative estimate of drug-likeness (QED) is 0.662. The van der Waals surface area contributed by atoms with Crippen LogP contribution in [0.25, 0.3) is 0 Å². The number of hydrogen-bond donors (Lipinski definition) is 0. The van der Waals surface area contributed by atoms with Crippen LogP contribution in [0.15, 0.2) is 35.2 Å². The number of rotatable bonds is 4. The van der Waals surface area contributed by atoms with E-state index < -0.39 is 0 Å². The third-order valence-corrected chi connectivity index (χ3v) is 2.87. The summed E-state index contributed by atoms with van der Waals surface area (Å²) in [6, 6.07) is 10.4. The Kier molecular flexibility index (Phi) is 4.19. The molecular formula is C10H14OS. The molecule has 12 heavy (non-hydrogen) atoms. The molecule has 2 heteroatoms. The van der Waals surface area contributed by atoms with Crippen LogP contribution in [0.5, 0.6) is 0 Å². The first-order valence-electron chi connectivity index (χ1n) is 4.03. The van der Waals surface area contributed by atoms with Gasteiger partial charge >= 0.3 is 0 Å². The topological polar surface area (TPSA) is 9.23 Å². The molecule has 1 rings (SSSR count). The molecule has 0 bridgehead atoms. The first-order valence-corrected chi connectivity index (χ1v) is 5.02. The summed E-state index contributed by atoms with van der Waals surface area (Å²) in [6.07, 6.45) is 0.329. The van der Waals surface area contributed by atoms with E-state index in [1.165, 1.54) is 4.90 Å². The smallest absolute Gasteiger partial charge is 0.0637 e. The Morgan fingerprint density at radius 1 is 1.33 bits per heavy atom. The monoisotopic (exact) mass is 182 g/mol. The minimum absolute atomic E-state index is 0.329. The van der Waals surface area contributed by atoms with Crippen molar-refractivity contribution in [3.05, 3.63) is 30.3 Å². The van der Waals surface area contributed by atoms with Gasteiger partial charge in [-0.1, -0.05) is 18.2 Å². The molecule has 0 aliphatic heterocycles. The van der Waals surface area contributed by atoms with Gasteiger partial charge in [-0.25, -0.2) is 0 Å². The molecule has 0 spiro atoms. The van der Waals surface area contributed by atoms with Crippen molar-refractivity contribution in [3.63, 3.8) is 0 Å². The zero-order chi connectivity index (χ0) is 8.81. The van der Waals surface area contributed by atoms with Crippen molar-refractivity contribution in [1.29, 1.82) is 0 Å². The lowest BCUT2D eigenvalue weighted by Gasteiger charge is -2.07. The molecular weight excluding hydrogens is 168 g/mol. The first-order chi connectivity index (χ1) is 5.83. The molecule has 1 unspecified atom stereocenters. The van der Waals surface area contributed by atoms with E-state index in [2.05, 4.69) is 31.2 Å². The summed E-state index contributed by atoms with van der Waals surface area (Å²) < 4.78 is 5.15. The Bertz CT molecular complexity index is 210. The third-order valence-electron chi connectivity index (χ3n) is 1.63. The number of benzene rings is 1. The Morgan fingerprint density at radius 3 is 2.58 bits per heavy atom. The van der Waals surface area contributed by atoms with Crippen molar-refractivity contribution in [3.8, 4) is 0 Å². The molecule has 0 radical (unpaired) electrons. The molecule has 0 heterocycles. The maximum absolute atomic E-state index is 5.15. The van der Waals surface area contributed by atoms with Crippen LogP contribution in [0.3, 0.4) is 0 Å². The zero-order valence-corrected chi connectivity index (χ0v) is 8.30. The molecule has 0 aliphatic rings. The van der Waals surface area contributed by atoms with E-state index in [9.17, 15) is 0 Å². The standard InChI is InChI=1S/C10H14OS/c1-9(11-2)8-12-10-6-4-3-5-7-10/h3-7,9H,8H2,1-2H3. The maximum atomic E-state index is 5.15. The van der Waals surface area contributed by atoms with Gasteiger partial charge in [0, 0.05) is 17.8 Å². The molecule has 0 aromatic heterocycles. The number of methoxy groups -OCH3 is 1. The summed E-state index contributed by atoms with van der Waals surface area (Å²) in [5.41, 5.74) is 0. The number of ether oxygens (including phenoxy) is 1. The van der Waals surface area contributed by atoms with Gasteiger partial charge in [-0.2, -0.15) is 0 Å². The average molecular weight is 182 g/mol. The second kappa shape index (κ2) is 5.22. The molecule has 0 aliphatic carbocycles. The van der Waals surface area contributed by atoms with E-state index in [-0.39, 0.29) is 0 Å². The predicted molar refractivity (Wildman–Crippen MR) is 53.6 cm³/mol. The van der Waals surface area contributed by atoms with Crippen molar-refractivity contribution >= 4 is 11.8 Å². The summed E-state index contributed by atoms with van der Waals surface area (Å²) >= 11 is 1.83. The highest BCUT2D eigenvalue weighted by atomic mass is 32.2. The van der Waals surface area contributed by atoms with Crippen LogP contribution >= 0.6 is 11.8 Å². The minimum Gasteiger partial charge on any atom is -0.381 e. The molecule has 0 saturated heterocycles. The third kappa shape index (κ3) is 3.28. The fraction of sp³-hybridized carbons (Fsp3) is 0.400. The molecule has 1 nitrogen and oxygen atoms in total. The van der Waals surface area contributed by atoms with Crippen LogP contribution < -0.4 is 0 Å². The van der Waals surface area contributed by atoms with Crippen LogP contribution in [-0.2, 0) is 4.74 Å². The molecule has 1 aromatic carbocycles. The van der Waals surface area contributed by atoms with Crippen molar-refractivity contribution in [2.75, 3.05) is 12.9 Å². The zero-order valence-electron chi connectivity index (χ0n) is 7.49. The van der Waals surface area contributed by atoms with Gasteiger partial charge in [0.25, 0.3) is 0 Å². The van der Waals surface area contributed by atoms with Gasteiger partial charge in [-0.05, 0) is 19.1 Å². The Balaban J connectivity index is 2.33. The Labute approximate surface area is 78.1 Å². The van der Waals surface area contributed by atoms with Crippen LogP contribution in [0.2, 0.25) is 0 Å². The van der Waals surface area contributed by atoms with Gasteiger partial charge in [0.05, 0.1) is 6.10 Å². The maximum Gasteiger partial charge on any atom is 0.0637 e. The highest BCUT2D eigenvalue weighted by Gasteiger charge is 1.99. The lowest BCUT2D eigenvalue weighted by molar-refractivity contribution is 0.138. The fourth-order valence-corrected chi connectivity index (χ4v) is 1.71. The van der Waals surface area contributed by atoms with Crippen LogP contribution in [0.4, 0.5) is 0 Å². The highest BCUT2D eigenvalue weighted by molar-refractivity contribution is 7.99. The molecule has 1 aromatic rings. The second-order valence-corrected chi connectivity index (χ2v) is 3.76. The van der Waals surface area contributed by atoms with Gasteiger partial charge in [0.1, 0.15) is 0 Å². The van der Waals surface area contributed by atoms with Crippen molar-refractivity contribution in [1.82, 2.24) is 0 Å². The normalized spacial score (nSPS) is 12.8. The summed E-state index contributed by atoms with van der Waals surface area (Å²) in [7, 11) is 1.75. The Hall–Kier alpha value is -0.470. The summed E-state index contributed by atoms with van der Waals surface area (Å²) in [6.45, 7) is 2.08. The van der Waals surface area contributed by atoms with E-state index in [0.29, 0.717) is 6.10 Å². The first kappa shape index (κ1) is 9.62. The van der Waals surface area contributed by atoms with E-state index >= 15 is 0 Å². The van der Waals surface area contributed by atoms with E-state index in [1.807, 2.05) is 17.8 Å². The molecule has 66 valence electrons. The Morgan fingerprint density at radius 2 is 2.00 bits per heavy atom. The van der Waals surface area contributed by atoms with E-state index in [4.69, 9.17) is 4.74 Å². The number of hydrogen-bond acceptors (Lipinski definition) is 2. The SMILES string of the molecule is COC(C)CSc1ccccc1. The van der Waals surface area contributed by atoms with Gasteiger partial charge in [0.15, 0.2) is 0 Å². The van der Waals surface area contributed by atoms with Gasteiger partial charge in [0.2, 0.25) is 0 Å². The second-order valence-electron chi connectivity index (χ2n) is 2.67. The van der Waals surface area contributed by atoms with Crippen molar-refractivity contribution in [2.45, 2.75) is 17.9 Å². The predicted octanol–water partition coefficient (Wildman–Crippen LogP) is 2.81.